The molecule has 2 aliphatic rings. The van der Waals surface area contributed by atoms with Crippen molar-refractivity contribution in [1.82, 2.24) is 10.6 Å². The molecule has 20 heavy (non-hydrogen) atoms. The molecule has 110 valence electrons. The maximum atomic E-state index is 11.8. The summed E-state index contributed by atoms with van der Waals surface area (Å²) < 4.78 is 11.0. The fraction of sp³-hybridized carbons (Fsp3) is 0.667. The molecule has 2 fully saturated rings. The Balaban J connectivity index is 1.35. The van der Waals surface area contributed by atoms with Gasteiger partial charge in [-0.05, 0) is 43.7 Å². The summed E-state index contributed by atoms with van der Waals surface area (Å²) in [6.45, 7) is 1.35. The van der Waals surface area contributed by atoms with Crippen LogP contribution in [0, 0.1) is 5.92 Å². The number of hydrogen-bond acceptors (Lipinski definition) is 3. The van der Waals surface area contributed by atoms with Crippen LogP contribution in [0.4, 0.5) is 4.79 Å². The molecule has 1 saturated heterocycles. The highest BCUT2D eigenvalue weighted by Gasteiger charge is 2.36. The Kier molecular flexibility index (Phi) is 4.25. The van der Waals surface area contributed by atoms with Crippen LogP contribution in [0.2, 0.25) is 0 Å². The zero-order valence-electron chi connectivity index (χ0n) is 11.6. The van der Waals surface area contributed by atoms with Crippen molar-refractivity contribution in [2.45, 2.75) is 44.2 Å². The van der Waals surface area contributed by atoms with E-state index in [0.717, 1.165) is 37.5 Å². The van der Waals surface area contributed by atoms with Crippen molar-refractivity contribution in [3.8, 4) is 0 Å². The minimum absolute atomic E-state index is 0.0852. The molecule has 0 radical (unpaired) electrons. The predicted molar refractivity (Wildman–Crippen MR) is 74.4 cm³/mol. The molecule has 3 rings (SSSR count). The Bertz CT molecular complexity index is 428. The van der Waals surface area contributed by atoms with E-state index >= 15 is 0 Å². The Morgan fingerprint density at radius 2 is 2.25 bits per heavy atom. The number of furan rings is 1. The van der Waals surface area contributed by atoms with Crippen LogP contribution in [-0.2, 0) is 11.2 Å². The van der Waals surface area contributed by atoms with Crippen molar-refractivity contribution in [3.05, 3.63) is 24.2 Å². The number of amides is 2. The van der Waals surface area contributed by atoms with Crippen molar-refractivity contribution in [1.29, 1.82) is 0 Å². The largest absolute Gasteiger partial charge is 0.469 e. The molecule has 5 heteroatoms. The fourth-order valence-electron chi connectivity index (χ4n) is 2.75. The van der Waals surface area contributed by atoms with Crippen LogP contribution in [0.3, 0.4) is 0 Å². The van der Waals surface area contributed by atoms with Gasteiger partial charge in [-0.15, -0.1) is 0 Å². The Labute approximate surface area is 119 Å². The summed E-state index contributed by atoms with van der Waals surface area (Å²) in [6.07, 6.45) is 7.16. The van der Waals surface area contributed by atoms with Gasteiger partial charge < -0.3 is 19.8 Å². The molecule has 1 aromatic heterocycles. The summed E-state index contributed by atoms with van der Waals surface area (Å²) >= 11 is 0. The van der Waals surface area contributed by atoms with Crippen LogP contribution in [0.5, 0.6) is 0 Å². The van der Waals surface area contributed by atoms with E-state index in [4.69, 9.17) is 9.15 Å². The highest BCUT2D eigenvalue weighted by molar-refractivity contribution is 5.74. The second-order valence-electron chi connectivity index (χ2n) is 5.70. The van der Waals surface area contributed by atoms with Crippen LogP contribution in [0.1, 0.15) is 31.4 Å². The van der Waals surface area contributed by atoms with E-state index in [9.17, 15) is 4.79 Å². The smallest absolute Gasteiger partial charge is 0.315 e. The first-order chi connectivity index (χ1) is 9.81. The Hall–Kier alpha value is -1.49. The number of carbonyl (C=O) groups excluding carboxylic acids is 1. The molecule has 5 nitrogen and oxygen atoms in total. The minimum Gasteiger partial charge on any atom is -0.469 e. The lowest BCUT2D eigenvalue weighted by Crippen LogP contribution is -2.47. The van der Waals surface area contributed by atoms with Crippen LogP contribution in [0.15, 0.2) is 22.8 Å². The van der Waals surface area contributed by atoms with Crippen molar-refractivity contribution in [3.63, 3.8) is 0 Å². The van der Waals surface area contributed by atoms with Gasteiger partial charge in [-0.1, -0.05) is 0 Å². The summed E-state index contributed by atoms with van der Waals surface area (Å²) in [7, 11) is 0. The summed E-state index contributed by atoms with van der Waals surface area (Å²) in [5, 5.41) is 5.93. The normalized spacial score (nSPS) is 26.2. The number of carbonyl (C=O) groups is 1. The monoisotopic (exact) mass is 278 g/mol. The average Bonchev–Trinajstić information content (AvgIpc) is 3.17. The summed E-state index contributed by atoms with van der Waals surface area (Å²) in [5.74, 6) is 1.63. The lowest BCUT2D eigenvalue weighted by Gasteiger charge is -2.30. The first-order valence-electron chi connectivity index (χ1n) is 7.49. The van der Waals surface area contributed by atoms with E-state index in [1.165, 1.54) is 12.8 Å². The third kappa shape index (κ3) is 3.76. The van der Waals surface area contributed by atoms with Gasteiger partial charge in [-0.3, -0.25) is 0 Å². The SMILES string of the molecule is O=C(NCCc1ccco1)NC1CCOC(C2CC2)C1. The van der Waals surface area contributed by atoms with Crippen molar-refractivity contribution in [2.24, 2.45) is 5.92 Å². The molecule has 1 aromatic rings. The number of rotatable bonds is 5. The Morgan fingerprint density at radius 3 is 3.00 bits per heavy atom. The number of urea groups is 1. The molecule has 2 N–H and O–H groups in total. The molecular weight excluding hydrogens is 256 g/mol. The molecule has 1 saturated carbocycles. The van der Waals surface area contributed by atoms with Gasteiger partial charge in [0.25, 0.3) is 0 Å². The second-order valence-corrected chi connectivity index (χ2v) is 5.70. The van der Waals surface area contributed by atoms with E-state index in [0.29, 0.717) is 12.6 Å². The Morgan fingerprint density at radius 1 is 1.35 bits per heavy atom. The van der Waals surface area contributed by atoms with Gasteiger partial charge in [-0.25, -0.2) is 4.79 Å². The standard InChI is InChI=1S/C15H22N2O3/c18-15(16-7-5-13-2-1-8-19-13)17-12-6-9-20-14(10-12)11-3-4-11/h1-2,8,11-12,14H,3-7,9-10H2,(H2,16,17,18). The van der Waals surface area contributed by atoms with E-state index in [2.05, 4.69) is 10.6 Å². The summed E-state index contributed by atoms with van der Waals surface area (Å²) in [4.78, 5) is 11.8. The van der Waals surface area contributed by atoms with Gasteiger partial charge >= 0.3 is 6.03 Å². The molecule has 0 spiro atoms. The molecule has 2 atom stereocenters. The van der Waals surface area contributed by atoms with Gasteiger partial charge in [-0.2, -0.15) is 0 Å². The van der Waals surface area contributed by atoms with E-state index in [1.807, 2.05) is 12.1 Å². The van der Waals surface area contributed by atoms with Gasteiger partial charge in [0, 0.05) is 25.6 Å². The molecule has 2 amide bonds. The highest BCUT2D eigenvalue weighted by Crippen LogP contribution is 2.38. The zero-order chi connectivity index (χ0) is 13.8. The molecule has 2 unspecified atom stereocenters. The number of ether oxygens (including phenoxy) is 1. The lowest BCUT2D eigenvalue weighted by atomic mass is 10.0. The summed E-state index contributed by atoms with van der Waals surface area (Å²) in [6, 6.07) is 3.93. The number of nitrogens with one attached hydrogen (secondary N) is 2. The van der Waals surface area contributed by atoms with Crippen molar-refractivity contribution >= 4 is 6.03 Å². The molecule has 1 aliphatic carbocycles. The topological polar surface area (TPSA) is 63.5 Å². The second kappa shape index (κ2) is 6.31. The van der Waals surface area contributed by atoms with Gasteiger partial charge in [0.15, 0.2) is 0 Å². The van der Waals surface area contributed by atoms with Crippen LogP contribution in [0.25, 0.3) is 0 Å². The third-order valence-electron chi connectivity index (χ3n) is 4.04. The molecule has 0 bridgehead atoms. The van der Waals surface area contributed by atoms with Gasteiger partial charge in [0.2, 0.25) is 0 Å². The first kappa shape index (κ1) is 13.5. The van der Waals surface area contributed by atoms with Gasteiger partial charge in [0.1, 0.15) is 5.76 Å². The van der Waals surface area contributed by atoms with E-state index in [1.54, 1.807) is 6.26 Å². The first-order valence-corrected chi connectivity index (χ1v) is 7.49. The van der Waals surface area contributed by atoms with Crippen LogP contribution in [-0.4, -0.2) is 31.3 Å². The minimum atomic E-state index is -0.0852. The lowest BCUT2D eigenvalue weighted by molar-refractivity contribution is -0.00913. The quantitative estimate of drug-likeness (QED) is 0.866. The highest BCUT2D eigenvalue weighted by atomic mass is 16.5. The van der Waals surface area contributed by atoms with E-state index in [-0.39, 0.29) is 12.1 Å². The number of hydrogen-bond donors (Lipinski definition) is 2. The zero-order valence-corrected chi connectivity index (χ0v) is 11.6. The molecular formula is C15H22N2O3. The predicted octanol–water partition coefficient (Wildman–Crippen LogP) is 2.08. The molecule has 0 aromatic carbocycles. The van der Waals surface area contributed by atoms with Crippen molar-refractivity contribution < 1.29 is 13.9 Å². The molecule has 1 aliphatic heterocycles. The average molecular weight is 278 g/mol. The fourth-order valence-corrected chi connectivity index (χ4v) is 2.75. The van der Waals surface area contributed by atoms with Gasteiger partial charge in [0.05, 0.1) is 12.4 Å². The third-order valence-corrected chi connectivity index (χ3v) is 4.04. The summed E-state index contributed by atoms with van der Waals surface area (Å²) in [5.41, 5.74) is 0. The molecule has 2 heterocycles. The van der Waals surface area contributed by atoms with Crippen LogP contribution >= 0.6 is 0 Å². The van der Waals surface area contributed by atoms with Crippen molar-refractivity contribution in [2.75, 3.05) is 13.2 Å². The maximum Gasteiger partial charge on any atom is 0.315 e. The van der Waals surface area contributed by atoms with E-state index < -0.39 is 0 Å². The van der Waals surface area contributed by atoms with Crippen LogP contribution < -0.4 is 10.6 Å². The maximum absolute atomic E-state index is 11.8.